The Morgan fingerprint density at radius 1 is 0.824 bits per heavy atom. The zero-order valence-electron chi connectivity index (χ0n) is 19.5. The van der Waals surface area contributed by atoms with Gasteiger partial charge >= 0.3 is 6.03 Å². The van der Waals surface area contributed by atoms with Gasteiger partial charge in [0.15, 0.2) is 0 Å². The van der Waals surface area contributed by atoms with E-state index in [9.17, 15) is 4.79 Å². The van der Waals surface area contributed by atoms with E-state index in [0.29, 0.717) is 24.6 Å². The normalized spacial score (nSPS) is 11.1. The minimum Gasteiger partial charge on any atom is -0.351 e. The molecule has 1 heterocycles. The molecule has 0 aliphatic carbocycles. The van der Waals surface area contributed by atoms with Crippen molar-refractivity contribution in [1.29, 1.82) is 0 Å². The van der Waals surface area contributed by atoms with Gasteiger partial charge in [-0.2, -0.15) is 5.10 Å². The fourth-order valence-electron chi connectivity index (χ4n) is 4.10. The lowest BCUT2D eigenvalue weighted by Crippen LogP contribution is -2.39. The predicted molar refractivity (Wildman–Crippen MR) is 137 cm³/mol. The van der Waals surface area contributed by atoms with Crippen molar-refractivity contribution in [2.24, 2.45) is 7.05 Å². The summed E-state index contributed by atoms with van der Waals surface area (Å²) in [7, 11) is 3.71. The van der Waals surface area contributed by atoms with Gasteiger partial charge in [-0.05, 0) is 23.7 Å². The molecule has 0 aliphatic rings. The molecule has 1 aromatic heterocycles. The number of amides is 2. The van der Waals surface area contributed by atoms with E-state index in [1.807, 2.05) is 68.7 Å². The number of likely N-dealkylation sites (N-methyl/N-ethyl adjacent to an activating group) is 1. The van der Waals surface area contributed by atoms with Gasteiger partial charge < -0.3 is 21.3 Å². The summed E-state index contributed by atoms with van der Waals surface area (Å²) in [5.74, 6) is 0.695. The highest BCUT2D eigenvalue weighted by atomic mass is 16.2. The summed E-state index contributed by atoms with van der Waals surface area (Å²) in [5, 5.41) is 17.0. The van der Waals surface area contributed by atoms with Crippen LogP contribution in [0.3, 0.4) is 0 Å². The molecule has 0 bridgehead atoms. The maximum absolute atomic E-state index is 12.5. The highest BCUT2D eigenvalue weighted by Gasteiger charge is 2.37. The lowest BCUT2D eigenvalue weighted by Gasteiger charge is -2.38. The van der Waals surface area contributed by atoms with E-state index in [1.165, 1.54) is 0 Å². The Hall–Kier alpha value is -4.10. The van der Waals surface area contributed by atoms with Crippen LogP contribution in [-0.4, -0.2) is 35.9 Å². The highest BCUT2D eigenvalue weighted by Crippen LogP contribution is 2.41. The number of carbonyl (C=O) groups is 1. The van der Waals surface area contributed by atoms with Gasteiger partial charge in [0.05, 0.1) is 6.20 Å². The number of urea groups is 1. The summed E-state index contributed by atoms with van der Waals surface area (Å²) in [6.45, 7) is 1.21. The topological polar surface area (TPSA) is 83.0 Å². The number of rotatable bonds is 9. The molecule has 0 saturated heterocycles. The van der Waals surface area contributed by atoms with Crippen LogP contribution in [0, 0.1) is 0 Å². The van der Waals surface area contributed by atoms with Crippen LogP contribution in [0.4, 0.5) is 16.3 Å². The van der Waals surface area contributed by atoms with Crippen molar-refractivity contribution in [3.8, 4) is 0 Å². The molecule has 174 valence electrons. The molecule has 7 heteroatoms. The van der Waals surface area contributed by atoms with Gasteiger partial charge in [0, 0.05) is 20.1 Å². The van der Waals surface area contributed by atoms with E-state index >= 15 is 0 Å². The van der Waals surface area contributed by atoms with E-state index in [-0.39, 0.29) is 6.03 Å². The Kier molecular flexibility index (Phi) is 7.25. The molecule has 7 nitrogen and oxygen atoms in total. The molecule has 0 aliphatic heterocycles. The maximum Gasteiger partial charge on any atom is 0.319 e. The highest BCUT2D eigenvalue weighted by molar-refractivity contribution is 5.92. The van der Waals surface area contributed by atoms with Gasteiger partial charge in [-0.25, -0.2) is 4.79 Å². The number of hydrogen-bond donors (Lipinski definition) is 4. The average Bonchev–Trinajstić information content (AvgIpc) is 3.22. The van der Waals surface area contributed by atoms with E-state index in [1.54, 1.807) is 10.9 Å². The SMILES string of the molecule is CNCCNC(=O)Nc1cnn(C)c1NC(c1ccccc1)(c1ccccc1)c1ccccc1. The third-order valence-corrected chi connectivity index (χ3v) is 5.77. The van der Waals surface area contributed by atoms with Crippen molar-refractivity contribution >= 4 is 17.5 Å². The van der Waals surface area contributed by atoms with Crippen LogP contribution < -0.4 is 21.3 Å². The molecule has 4 rings (SSSR count). The second-order valence-corrected chi connectivity index (χ2v) is 7.99. The molecule has 0 saturated carbocycles. The van der Waals surface area contributed by atoms with Crippen molar-refractivity contribution in [3.63, 3.8) is 0 Å². The summed E-state index contributed by atoms with van der Waals surface area (Å²) in [5.41, 5.74) is 3.07. The Bertz CT molecular complexity index is 1100. The van der Waals surface area contributed by atoms with Crippen molar-refractivity contribution in [1.82, 2.24) is 20.4 Å². The number of nitrogens with one attached hydrogen (secondary N) is 4. The summed E-state index contributed by atoms with van der Waals surface area (Å²) in [6, 6.07) is 30.6. The van der Waals surface area contributed by atoms with Crippen LogP contribution in [0.1, 0.15) is 16.7 Å². The molecule has 34 heavy (non-hydrogen) atoms. The van der Waals surface area contributed by atoms with E-state index in [4.69, 9.17) is 0 Å². The maximum atomic E-state index is 12.5. The number of aryl methyl sites for hydroxylation is 1. The molecule has 0 fully saturated rings. The number of anilines is 2. The number of hydrogen-bond acceptors (Lipinski definition) is 4. The number of benzene rings is 3. The van der Waals surface area contributed by atoms with Crippen LogP contribution in [0.5, 0.6) is 0 Å². The van der Waals surface area contributed by atoms with Crippen molar-refractivity contribution in [2.45, 2.75) is 5.54 Å². The van der Waals surface area contributed by atoms with Crippen LogP contribution in [-0.2, 0) is 12.6 Å². The Balaban J connectivity index is 1.83. The molecular weight excluding hydrogens is 424 g/mol. The third-order valence-electron chi connectivity index (χ3n) is 5.77. The first-order valence-corrected chi connectivity index (χ1v) is 11.3. The van der Waals surface area contributed by atoms with Gasteiger partial charge in [-0.3, -0.25) is 4.68 Å². The summed E-state index contributed by atoms with van der Waals surface area (Å²) in [4.78, 5) is 12.5. The van der Waals surface area contributed by atoms with Gasteiger partial charge in [0.2, 0.25) is 0 Å². The van der Waals surface area contributed by atoms with E-state index in [0.717, 1.165) is 16.7 Å². The molecule has 0 unspecified atom stereocenters. The van der Waals surface area contributed by atoms with Crippen LogP contribution in [0.15, 0.2) is 97.2 Å². The van der Waals surface area contributed by atoms with Gasteiger partial charge in [0.25, 0.3) is 0 Å². The zero-order valence-corrected chi connectivity index (χ0v) is 19.5. The first-order chi connectivity index (χ1) is 16.6. The summed E-state index contributed by atoms with van der Waals surface area (Å²) >= 11 is 0. The van der Waals surface area contributed by atoms with Gasteiger partial charge in [0.1, 0.15) is 17.0 Å². The van der Waals surface area contributed by atoms with E-state index in [2.05, 4.69) is 62.8 Å². The Morgan fingerprint density at radius 3 is 1.79 bits per heavy atom. The first-order valence-electron chi connectivity index (χ1n) is 11.3. The van der Waals surface area contributed by atoms with Gasteiger partial charge in [-0.15, -0.1) is 0 Å². The number of nitrogens with zero attached hydrogens (tertiary/aromatic N) is 2. The van der Waals surface area contributed by atoms with Crippen LogP contribution >= 0.6 is 0 Å². The summed E-state index contributed by atoms with van der Waals surface area (Å²) < 4.78 is 1.74. The lowest BCUT2D eigenvalue weighted by molar-refractivity contribution is 0.252. The second kappa shape index (κ2) is 10.7. The average molecular weight is 455 g/mol. The minimum atomic E-state index is -0.726. The molecule has 3 aromatic carbocycles. The Labute approximate surface area is 200 Å². The quantitative estimate of drug-likeness (QED) is 0.226. The molecular formula is C27H30N6O. The molecule has 4 aromatic rings. The molecule has 4 N–H and O–H groups in total. The Morgan fingerprint density at radius 2 is 1.32 bits per heavy atom. The first kappa shape index (κ1) is 23.1. The molecule has 0 atom stereocenters. The van der Waals surface area contributed by atoms with Crippen molar-refractivity contribution in [2.75, 3.05) is 30.8 Å². The monoisotopic (exact) mass is 454 g/mol. The molecule has 2 amide bonds. The summed E-state index contributed by atoms with van der Waals surface area (Å²) in [6.07, 6.45) is 1.66. The van der Waals surface area contributed by atoms with Gasteiger partial charge in [-0.1, -0.05) is 91.0 Å². The van der Waals surface area contributed by atoms with E-state index < -0.39 is 5.54 Å². The smallest absolute Gasteiger partial charge is 0.319 e. The number of carbonyl (C=O) groups excluding carboxylic acids is 1. The molecule has 0 radical (unpaired) electrons. The minimum absolute atomic E-state index is 0.281. The van der Waals surface area contributed by atoms with Crippen molar-refractivity contribution < 1.29 is 4.79 Å². The predicted octanol–water partition coefficient (Wildman–Crippen LogP) is 4.17. The zero-order chi connectivity index (χ0) is 23.8. The lowest BCUT2D eigenvalue weighted by atomic mass is 9.77. The number of aromatic nitrogens is 2. The third kappa shape index (κ3) is 4.79. The standard InChI is InChI=1S/C27H30N6O/c1-28-18-19-29-26(34)31-24-20-30-33(2)25(24)32-27(21-12-6-3-7-13-21,22-14-8-4-9-15-22)23-16-10-5-11-17-23/h3-17,20,28,32H,18-19H2,1-2H3,(H2,29,31,34). The molecule has 0 spiro atoms. The van der Waals surface area contributed by atoms with Crippen molar-refractivity contribution in [3.05, 3.63) is 114 Å². The largest absolute Gasteiger partial charge is 0.351 e. The van der Waals surface area contributed by atoms with Crippen LogP contribution in [0.25, 0.3) is 0 Å². The fraction of sp³-hybridized carbons (Fsp3) is 0.185. The fourth-order valence-corrected chi connectivity index (χ4v) is 4.10. The second-order valence-electron chi connectivity index (χ2n) is 7.99. The van der Waals surface area contributed by atoms with Crippen LogP contribution in [0.2, 0.25) is 0 Å².